The van der Waals surface area contributed by atoms with Crippen molar-refractivity contribution in [3.8, 4) is 5.75 Å². The number of rotatable bonds is 8. The van der Waals surface area contributed by atoms with Gasteiger partial charge in [0.1, 0.15) is 11.3 Å². The summed E-state index contributed by atoms with van der Waals surface area (Å²) >= 11 is 0. The number of nitrogens with one attached hydrogen (secondary N) is 1. The molecule has 37 heavy (non-hydrogen) atoms. The van der Waals surface area contributed by atoms with E-state index in [1.807, 2.05) is 42.5 Å². The molecule has 5 rings (SSSR count). The monoisotopic (exact) mass is 499 g/mol. The van der Waals surface area contributed by atoms with E-state index in [9.17, 15) is 9.59 Å². The minimum Gasteiger partial charge on any atom is -0.484 e. The molecule has 6 nitrogen and oxygen atoms in total. The van der Waals surface area contributed by atoms with E-state index in [0.29, 0.717) is 5.75 Å². The Kier molecular flexibility index (Phi) is 7.73. The van der Waals surface area contributed by atoms with E-state index >= 15 is 0 Å². The molecule has 1 heterocycles. The first-order chi connectivity index (χ1) is 18.1. The predicted molar refractivity (Wildman–Crippen MR) is 144 cm³/mol. The van der Waals surface area contributed by atoms with Crippen LogP contribution in [-0.4, -0.2) is 31.6 Å². The van der Waals surface area contributed by atoms with Crippen molar-refractivity contribution in [1.29, 1.82) is 0 Å². The minimum absolute atomic E-state index is 0.00260. The highest BCUT2D eigenvalue weighted by Gasteiger charge is 2.20. The van der Waals surface area contributed by atoms with Gasteiger partial charge < -0.3 is 19.2 Å². The fraction of sp³-hybridized carbons (Fsp3) is 0.355. The van der Waals surface area contributed by atoms with Gasteiger partial charge in [0.25, 0.3) is 5.91 Å². The number of furan rings is 1. The lowest BCUT2D eigenvalue weighted by Gasteiger charge is -2.18. The Balaban J connectivity index is 1.34. The quantitative estimate of drug-likeness (QED) is 0.221. The Morgan fingerprint density at radius 3 is 2.41 bits per heavy atom. The molecule has 192 valence electrons. The summed E-state index contributed by atoms with van der Waals surface area (Å²) < 4.78 is 16.3. The molecule has 0 aliphatic heterocycles. The predicted octanol–water partition coefficient (Wildman–Crippen LogP) is 6.50. The summed E-state index contributed by atoms with van der Waals surface area (Å²) in [6.45, 7) is -0.00260. The number of ether oxygens (including phenoxy) is 2. The van der Waals surface area contributed by atoms with Crippen LogP contribution in [0.1, 0.15) is 62.0 Å². The van der Waals surface area contributed by atoms with Crippen LogP contribution < -0.4 is 10.1 Å². The maximum Gasteiger partial charge on any atom is 0.306 e. The third-order valence-electron chi connectivity index (χ3n) is 7.31. The molecule has 6 heteroatoms. The Morgan fingerprint density at radius 2 is 1.62 bits per heavy atom. The molecule has 0 spiro atoms. The normalized spacial score (nSPS) is 15.3. The maximum atomic E-state index is 12.5. The summed E-state index contributed by atoms with van der Waals surface area (Å²) in [6, 6.07) is 20.2. The van der Waals surface area contributed by atoms with Gasteiger partial charge in [-0.05, 0) is 65.1 Å². The second kappa shape index (κ2) is 11.5. The second-order valence-electron chi connectivity index (χ2n) is 9.86. The van der Waals surface area contributed by atoms with Crippen LogP contribution in [-0.2, 0) is 14.3 Å². The van der Waals surface area contributed by atoms with E-state index in [0.717, 1.165) is 45.7 Å². The Labute approximate surface area is 216 Å². The summed E-state index contributed by atoms with van der Waals surface area (Å²) in [6.07, 6.45) is 8.83. The summed E-state index contributed by atoms with van der Waals surface area (Å²) in [5, 5.41) is 6.16. The van der Waals surface area contributed by atoms with Crippen molar-refractivity contribution in [2.24, 2.45) is 0 Å². The lowest BCUT2D eigenvalue weighted by molar-refractivity contribution is -0.140. The summed E-state index contributed by atoms with van der Waals surface area (Å²) in [5.74, 6) is 0.124. The molecule has 0 radical (unpaired) electrons. The molecule has 0 saturated heterocycles. The average molecular weight is 500 g/mol. The van der Waals surface area contributed by atoms with E-state index in [2.05, 4.69) is 23.5 Å². The lowest BCUT2D eigenvalue weighted by Crippen LogP contribution is -2.37. The number of benzene rings is 3. The first-order valence-corrected chi connectivity index (χ1v) is 13.1. The van der Waals surface area contributed by atoms with Crippen LogP contribution in [0.4, 0.5) is 0 Å². The highest BCUT2D eigenvalue weighted by molar-refractivity contribution is 5.86. The van der Waals surface area contributed by atoms with E-state index in [4.69, 9.17) is 13.9 Å². The Hall–Kier alpha value is -3.80. The van der Waals surface area contributed by atoms with Crippen molar-refractivity contribution in [3.63, 3.8) is 0 Å². The van der Waals surface area contributed by atoms with Crippen LogP contribution in [0.2, 0.25) is 0 Å². The second-order valence-corrected chi connectivity index (χ2v) is 9.86. The van der Waals surface area contributed by atoms with Crippen LogP contribution in [0.25, 0.3) is 21.7 Å². The molecular weight excluding hydrogens is 466 g/mol. The van der Waals surface area contributed by atoms with Crippen LogP contribution in [0.5, 0.6) is 5.75 Å². The van der Waals surface area contributed by atoms with Crippen LogP contribution in [0, 0.1) is 0 Å². The zero-order valence-electron chi connectivity index (χ0n) is 21.2. The summed E-state index contributed by atoms with van der Waals surface area (Å²) in [5.41, 5.74) is 2.83. The van der Waals surface area contributed by atoms with E-state index in [1.54, 1.807) is 6.26 Å². The number of amides is 1. The van der Waals surface area contributed by atoms with Gasteiger partial charge in [-0.25, -0.2) is 0 Å². The number of hydrogen-bond acceptors (Lipinski definition) is 5. The van der Waals surface area contributed by atoms with Gasteiger partial charge >= 0.3 is 5.97 Å². The molecule has 1 aromatic heterocycles. The smallest absolute Gasteiger partial charge is 0.306 e. The van der Waals surface area contributed by atoms with Crippen molar-refractivity contribution in [1.82, 2.24) is 5.32 Å². The molecule has 1 amide bonds. The van der Waals surface area contributed by atoms with Gasteiger partial charge in [0, 0.05) is 17.3 Å². The molecule has 1 N–H and O–H groups in total. The first-order valence-electron chi connectivity index (χ1n) is 13.1. The largest absolute Gasteiger partial charge is 0.484 e. The van der Waals surface area contributed by atoms with Crippen LogP contribution in [0.15, 0.2) is 71.3 Å². The number of esters is 1. The van der Waals surface area contributed by atoms with Crippen molar-refractivity contribution in [2.45, 2.75) is 56.9 Å². The highest BCUT2D eigenvalue weighted by Crippen LogP contribution is 2.33. The van der Waals surface area contributed by atoms with E-state index < -0.39 is 0 Å². The molecule has 1 aliphatic carbocycles. The average Bonchev–Trinajstić information content (AvgIpc) is 3.25. The number of fused-ring (bicyclic) bond motifs is 2. The first kappa shape index (κ1) is 24.9. The highest BCUT2D eigenvalue weighted by atomic mass is 16.5. The minimum atomic E-state index is -0.269. The fourth-order valence-corrected chi connectivity index (χ4v) is 5.27. The fourth-order valence-electron chi connectivity index (χ4n) is 5.27. The molecule has 1 saturated carbocycles. The molecule has 1 aliphatic rings. The summed E-state index contributed by atoms with van der Waals surface area (Å²) in [4.78, 5) is 24.8. The number of methoxy groups -OCH3 is 1. The molecular formula is C31H33NO5. The lowest BCUT2D eigenvalue weighted by atomic mass is 9.87. The SMILES string of the molecule is COC(=O)CC(c1ccc2ccc(OCC(=O)NC3CCCCCC3)cc2c1)c1ccc2occc2c1. The number of hydrogen-bond donors (Lipinski definition) is 1. The standard InChI is InChI=1S/C31H33NO5/c1-35-31(34)19-28(23-11-13-29-24(16-23)14-15-36-29)22-9-8-21-10-12-27(18-25(21)17-22)37-20-30(33)32-26-6-4-2-3-5-7-26/h8-18,26,28H,2-7,19-20H2,1H3,(H,32,33). The van der Waals surface area contributed by atoms with Gasteiger partial charge in [0.15, 0.2) is 6.61 Å². The Bertz CT molecular complexity index is 1380. The van der Waals surface area contributed by atoms with Gasteiger partial charge in [-0.15, -0.1) is 0 Å². The third-order valence-corrected chi connectivity index (χ3v) is 7.31. The van der Waals surface area contributed by atoms with Gasteiger partial charge in [0.05, 0.1) is 19.8 Å². The van der Waals surface area contributed by atoms with Gasteiger partial charge in [0.2, 0.25) is 0 Å². The van der Waals surface area contributed by atoms with E-state index in [1.165, 1.54) is 32.8 Å². The van der Waals surface area contributed by atoms with Crippen LogP contribution >= 0.6 is 0 Å². The topological polar surface area (TPSA) is 77.8 Å². The third kappa shape index (κ3) is 6.13. The van der Waals surface area contributed by atoms with Gasteiger partial charge in [-0.3, -0.25) is 9.59 Å². The van der Waals surface area contributed by atoms with Crippen molar-refractivity contribution >= 4 is 33.6 Å². The molecule has 1 atom stereocenters. The number of carbonyl (C=O) groups is 2. The maximum absolute atomic E-state index is 12.5. The van der Waals surface area contributed by atoms with Crippen molar-refractivity contribution in [3.05, 3.63) is 78.1 Å². The van der Waals surface area contributed by atoms with Gasteiger partial charge in [-0.2, -0.15) is 0 Å². The Morgan fingerprint density at radius 1 is 0.892 bits per heavy atom. The molecule has 1 unspecified atom stereocenters. The molecule has 1 fully saturated rings. The van der Waals surface area contributed by atoms with Gasteiger partial charge in [-0.1, -0.05) is 56.0 Å². The van der Waals surface area contributed by atoms with Crippen LogP contribution in [0.3, 0.4) is 0 Å². The molecule has 4 aromatic rings. The summed E-state index contributed by atoms with van der Waals surface area (Å²) in [7, 11) is 1.41. The van der Waals surface area contributed by atoms with Crippen molar-refractivity contribution < 1.29 is 23.5 Å². The number of carbonyl (C=O) groups excluding carboxylic acids is 2. The molecule has 3 aromatic carbocycles. The zero-order chi connectivity index (χ0) is 25.6. The van der Waals surface area contributed by atoms with Crippen molar-refractivity contribution in [2.75, 3.05) is 13.7 Å². The molecule has 0 bridgehead atoms. The van der Waals surface area contributed by atoms with E-state index in [-0.39, 0.29) is 36.9 Å². The zero-order valence-corrected chi connectivity index (χ0v) is 21.2.